The highest BCUT2D eigenvalue weighted by molar-refractivity contribution is 7.24. The number of hydrogen-bond donors (Lipinski definition) is 0. The fourth-order valence-electron chi connectivity index (χ4n) is 1.64. The first-order valence-corrected chi connectivity index (χ1v) is 6.76. The monoisotopic (exact) mass is 284 g/mol. The van der Waals surface area contributed by atoms with Crippen LogP contribution in [0.4, 0.5) is 0 Å². The predicted octanol–water partition coefficient (Wildman–Crippen LogP) is 2.95. The first kappa shape index (κ1) is 15.8. The summed E-state index contributed by atoms with van der Waals surface area (Å²) < 4.78 is 27.0. The van der Waals surface area contributed by atoms with Gasteiger partial charge in [-0.05, 0) is 26.0 Å². The summed E-state index contributed by atoms with van der Waals surface area (Å²) in [6.07, 6.45) is 0. The molecule has 19 heavy (non-hydrogen) atoms. The van der Waals surface area contributed by atoms with Gasteiger partial charge in [0.2, 0.25) is 8.46 Å². The Morgan fingerprint density at radius 3 is 2.05 bits per heavy atom. The van der Waals surface area contributed by atoms with E-state index in [1.807, 2.05) is 0 Å². The van der Waals surface area contributed by atoms with E-state index >= 15 is 0 Å². The van der Waals surface area contributed by atoms with E-state index < -0.39 is 11.5 Å². The zero-order valence-corrected chi connectivity index (χ0v) is 12.1. The number of benzene rings is 1. The smallest absolute Gasteiger partial charge is 0.337 e. The zero-order valence-electron chi connectivity index (χ0n) is 11.2. The van der Waals surface area contributed by atoms with Crippen molar-refractivity contribution >= 4 is 14.4 Å². The minimum absolute atomic E-state index is 0.290. The molecule has 0 atom stereocenters. The number of carbonyl (C=O) groups is 1. The normalized spacial score (nSPS) is 11.5. The third kappa shape index (κ3) is 3.60. The van der Waals surface area contributed by atoms with Crippen molar-refractivity contribution in [3.05, 3.63) is 35.4 Å². The molecule has 0 saturated heterocycles. The van der Waals surface area contributed by atoms with E-state index in [1.165, 1.54) is 7.11 Å². The van der Waals surface area contributed by atoms with Crippen LogP contribution in [0.15, 0.2) is 24.3 Å². The fourth-order valence-corrected chi connectivity index (χ4v) is 2.26. The largest absolute Gasteiger partial charge is 0.465 e. The second-order valence-corrected chi connectivity index (χ2v) is 4.38. The van der Waals surface area contributed by atoms with Crippen LogP contribution < -0.4 is 0 Å². The van der Waals surface area contributed by atoms with Gasteiger partial charge in [0.1, 0.15) is 0 Å². The topological polar surface area (TPSA) is 61.8 Å². The van der Waals surface area contributed by atoms with Crippen molar-refractivity contribution in [2.45, 2.75) is 19.4 Å². The summed E-state index contributed by atoms with van der Waals surface area (Å²) in [6.45, 7) is 4.30. The van der Waals surface area contributed by atoms with Gasteiger partial charge in [-0.1, -0.05) is 12.1 Å². The number of rotatable bonds is 7. The molecule has 1 aromatic rings. The highest BCUT2D eigenvalue weighted by Crippen LogP contribution is 2.38. The van der Waals surface area contributed by atoms with Crippen molar-refractivity contribution in [2.75, 3.05) is 20.3 Å². The molecule has 0 saturated carbocycles. The Hall–Kier alpha value is -1.29. The second kappa shape index (κ2) is 7.34. The molecule has 0 aliphatic heterocycles. The minimum atomic E-state index is -1.32. The molecule has 5 nitrogen and oxygen atoms in total. The summed E-state index contributed by atoms with van der Waals surface area (Å²) in [5.41, 5.74) is -0.325. The Labute approximate surface area is 114 Å². The highest BCUT2D eigenvalue weighted by Gasteiger charge is 2.35. The van der Waals surface area contributed by atoms with Crippen LogP contribution in [0.5, 0.6) is 0 Å². The molecule has 0 aliphatic rings. The van der Waals surface area contributed by atoms with Gasteiger partial charge in [0.25, 0.3) is 5.53 Å². The lowest BCUT2D eigenvalue weighted by atomic mass is 10.1. The maximum absolute atomic E-state index is 11.4. The van der Waals surface area contributed by atoms with E-state index in [0.29, 0.717) is 24.3 Å². The van der Waals surface area contributed by atoms with Crippen LogP contribution in [0.3, 0.4) is 0 Å². The molecule has 0 fully saturated rings. The van der Waals surface area contributed by atoms with Crippen LogP contribution >= 0.6 is 8.46 Å². The third-order valence-electron chi connectivity index (χ3n) is 2.47. The Morgan fingerprint density at radius 1 is 1.16 bits per heavy atom. The van der Waals surface area contributed by atoms with Gasteiger partial charge in [-0.3, -0.25) is 4.57 Å². The Kier molecular flexibility index (Phi) is 6.09. The van der Waals surface area contributed by atoms with Crippen molar-refractivity contribution < 1.29 is 23.6 Å². The van der Waals surface area contributed by atoms with E-state index in [0.717, 1.165) is 0 Å². The molecule has 6 heteroatoms. The van der Waals surface area contributed by atoms with Crippen molar-refractivity contribution in [3.8, 4) is 0 Å². The van der Waals surface area contributed by atoms with Gasteiger partial charge >= 0.3 is 5.97 Å². The van der Waals surface area contributed by atoms with Gasteiger partial charge < -0.3 is 14.2 Å². The van der Waals surface area contributed by atoms with E-state index in [1.54, 1.807) is 38.1 Å². The summed E-state index contributed by atoms with van der Waals surface area (Å²) in [5.74, 6) is -0.426. The summed E-state index contributed by atoms with van der Waals surface area (Å²) >= 11 is 0. The number of ether oxygens (including phenoxy) is 3. The van der Waals surface area contributed by atoms with E-state index in [2.05, 4.69) is 4.74 Å². The SMILES string of the molecule is CCOC(OCC)(P=O)c1ccc(C(=O)OC)cc1. The van der Waals surface area contributed by atoms with Gasteiger partial charge in [-0.25, -0.2) is 4.79 Å². The highest BCUT2D eigenvalue weighted by atomic mass is 31.1. The molecule has 0 radical (unpaired) electrons. The van der Waals surface area contributed by atoms with E-state index in [-0.39, 0.29) is 8.46 Å². The molecule has 1 rings (SSSR count). The molecule has 0 aromatic heterocycles. The molecular formula is C13H17O5P. The van der Waals surface area contributed by atoms with Crippen molar-refractivity contribution in [1.29, 1.82) is 0 Å². The average Bonchev–Trinajstić information content (AvgIpc) is 2.46. The molecule has 0 spiro atoms. The van der Waals surface area contributed by atoms with Gasteiger partial charge in [-0.2, -0.15) is 0 Å². The van der Waals surface area contributed by atoms with E-state index in [9.17, 15) is 9.36 Å². The van der Waals surface area contributed by atoms with Gasteiger partial charge in [0.15, 0.2) is 0 Å². The molecule has 104 valence electrons. The van der Waals surface area contributed by atoms with Gasteiger partial charge in [-0.15, -0.1) is 0 Å². The summed E-state index contributed by atoms with van der Waals surface area (Å²) in [7, 11) is 1.03. The first-order chi connectivity index (χ1) is 9.13. The van der Waals surface area contributed by atoms with Crippen LogP contribution in [0.2, 0.25) is 0 Å². The molecule has 0 unspecified atom stereocenters. The Morgan fingerprint density at radius 2 is 1.68 bits per heavy atom. The average molecular weight is 284 g/mol. The lowest BCUT2D eigenvalue weighted by molar-refractivity contribution is -0.176. The lowest BCUT2D eigenvalue weighted by Crippen LogP contribution is -2.27. The molecular weight excluding hydrogens is 267 g/mol. The van der Waals surface area contributed by atoms with Crippen LogP contribution in [0.1, 0.15) is 29.8 Å². The molecule has 0 bridgehead atoms. The maximum atomic E-state index is 11.4. The van der Waals surface area contributed by atoms with Crippen LogP contribution in [-0.4, -0.2) is 26.3 Å². The number of carbonyl (C=O) groups excluding carboxylic acids is 1. The molecule has 0 N–H and O–H groups in total. The van der Waals surface area contributed by atoms with Crippen LogP contribution in [-0.2, 0) is 24.3 Å². The zero-order chi connectivity index (χ0) is 14.3. The van der Waals surface area contributed by atoms with Gasteiger partial charge in [0.05, 0.1) is 12.7 Å². The maximum Gasteiger partial charge on any atom is 0.337 e. The number of methoxy groups -OCH3 is 1. The summed E-state index contributed by atoms with van der Waals surface area (Å²) in [6, 6.07) is 6.45. The van der Waals surface area contributed by atoms with Crippen molar-refractivity contribution in [2.24, 2.45) is 0 Å². The number of esters is 1. The van der Waals surface area contributed by atoms with Crippen molar-refractivity contribution in [1.82, 2.24) is 0 Å². The first-order valence-electron chi connectivity index (χ1n) is 5.94. The number of hydrogen-bond acceptors (Lipinski definition) is 5. The lowest BCUT2D eigenvalue weighted by Gasteiger charge is -2.26. The molecule has 0 amide bonds. The quantitative estimate of drug-likeness (QED) is 0.437. The summed E-state index contributed by atoms with van der Waals surface area (Å²) in [5, 5.41) is 0. The standard InChI is InChI=1S/C13H17O5P/c1-4-17-13(19-15,18-5-2)11-8-6-10(7-9-11)12(14)16-3/h6-9H,4-5H2,1-3H3. The third-order valence-corrected chi connectivity index (χ3v) is 3.23. The molecule has 0 heterocycles. The second-order valence-electron chi connectivity index (χ2n) is 3.61. The van der Waals surface area contributed by atoms with E-state index in [4.69, 9.17) is 9.47 Å². The molecule has 1 aromatic carbocycles. The minimum Gasteiger partial charge on any atom is -0.465 e. The Balaban J connectivity index is 3.09. The van der Waals surface area contributed by atoms with Crippen LogP contribution in [0, 0.1) is 0 Å². The Bertz CT molecular complexity index is 423. The molecule has 0 aliphatic carbocycles. The summed E-state index contributed by atoms with van der Waals surface area (Å²) in [4.78, 5) is 11.3. The van der Waals surface area contributed by atoms with Gasteiger partial charge in [0, 0.05) is 18.8 Å². The predicted molar refractivity (Wildman–Crippen MR) is 70.3 cm³/mol. The fraction of sp³-hybridized carbons (Fsp3) is 0.462. The van der Waals surface area contributed by atoms with Crippen molar-refractivity contribution in [3.63, 3.8) is 0 Å². The van der Waals surface area contributed by atoms with Crippen LogP contribution in [0.25, 0.3) is 0 Å².